The van der Waals surface area contributed by atoms with E-state index in [0.717, 1.165) is 29.8 Å². The molecule has 1 fully saturated rings. The first kappa shape index (κ1) is 28.1. The molecule has 8 heteroatoms. The highest BCUT2D eigenvalue weighted by Crippen LogP contribution is 2.27. The Morgan fingerprint density at radius 2 is 1.78 bits per heavy atom. The molecule has 0 spiro atoms. The number of hydrogen-bond acceptors (Lipinski definition) is 5. The first-order valence-corrected chi connectivity index (χ1v) is 14.0. The van der Waals surface area contributed by atoms with Gasteiger partial charge in [-0.2, -0.15) is 0 Å². The molecule has 0 radical (unpaired) electrons. The maximum absolute atomic E-state index is 13.5. The van der Waals surface area contributed by atoms with Crippen molar-refractivity contribution in [3.05, 3.63) is 96.2 Å². The number of methoxy groups -OCH3 is 1. The van der Waals surface area contributed by atoms with Crippen molar-refractivity contribution in [3.8, 4) is 22.7 Å². The van der Waals surface area contributed by atoms with Crippen molar-refractivity contribution in [2.45, 2.75) is 38.7 Å². The van der Waals surface area contributed by atoms with Crippen LogP contribution in [0.1, 0.15) is 48.5 Å². The number of benzene rings is 3. The van der Waals surface area contributed by atoms with Crippen molar-refractivity contribution in [2.75, 3.05) is 32.1 Å². The number of rotatable bonds is 10. The summed E-state index contributed by atoms with van der Waals surface area (Å²) in [6, 6.07) is 24.9. The summed E-state index contributed by atoms with van der Waals surface area (Å²) in [5, 5.41) is 2.97. The predicted octanol–water partition coefficient (Wildman–Crippen LogP) is 5.93. The van der Waals surface area contributed by atoms with Crippen molar-refractivity contribution in [3.63, 3.8) is 0 Å². The lowest BCUT2D eigenvalue weighted by Crippen LogP contribution is -2.42. The van der Waals surface area contributed by atoms with Crippen molar-refractivity contribution in [1.82, 2.24) is 14.5 Å². The smallest absolute Gasteiger partial charge is 0.254 e. The van der Waals surface area contributed by atoms with Crippen LogP contribution in [0.5, 0.6) is 5.75 Å². The molecule has 2 heterocycles. The molecule has 1 aliphatic rings. The summed E-state index contributed by atoms with van der Waals surface area (Å²) in [5.74, 6) is 0.989. The van der Waals surface area contributed by atoms with Crippen molar-refractivity contribution >= 4 is 17.8 Å². The first-order valence-electron chi connectivity index (χ1n) is 14.0. The highest BCUT2D eigenvalue weighted by atomic mass is 16.5. The molecular formula is C33H36N4O4. The second-order valence-electron chi connectivity index (χ2n) is 10.5. The third-order valence-corrected chi connectivity index (χ3v) is 7.27. The Morgan fingerprint density at radius 1 is 1.05 bits per heavy atom. The number of amides is 2. The normalized spacial score (nSPS) is 14.7. The van der Waals surface area contributed by atoms with Crippen LogP contribution in [0.3, 0.4) is 0 Å². The number of nitrogens with zero attached hydrogens (tertiary/aromatic N) is 3. The van der Waals surface area contributed by atoms with E-state index in [0.29, 0.717) is 36.3 Å². The Bertz CT molecular complexity index is 1460. The first-order chi connectivity index (χ1) is 19.9. The summed E-state index contributed by atoms with van der Waals surface area (Å²) >= 11 is 0. The molecule has 1 aliphatic heterocycles. The Labute approximate surface area is 240 Å². The molecule has 212 valence electrons. The van der Waals surface area contributed by atoms with Gasteiger partial charge in [-0.3, -0.25) is 19.5 Å². The van der Waals surface area contributed by atoms with E-state index in [1.807, 2.05) is 65.4 Å². The minimum atomic E-state index is -0.334. The Balaban J connectivity index is 1.42. The van der Waals surface area contributed by atoms with Gasteiger partial charge in [-0.25, -0.2) is 4.98 Å². The molecule has 1 N–H and O–H groups in total. The van der Waals surface area contributed by atoms with Gasteiger partial charge < -0.3 is 14.4 Å². The summed E-state index contributed by atoms with van der Waals surface area (Å²) in [6.07, 6.45) is 3.63. The lowest BCUT2D eigenvalue weighted by atomic mass is 10.0. The van der Waals surface area contributed by atoms with Crippen molar-refractivity contribution < 1.29 is 19.1 Å². The highest BCUT2D eigenvalue weighted by Gasteiger charge is 2.26. The van der Waals surface area contributed by atoms with Crippen molar-refractivity contribution in [1.29, 1.82) is 0 Å². The lowest BCUT2D eigenvalue weighted by molar-refractivity contribution is -0.117. The number of imidazole rings is 1. The summed E-state index contributed by atoms with van der Waals surface area (Å²) < 4.78 is 13.0. The molecule has 1 atom stereocenters. The molecular weight excluding hydrogens is 516 g/mol. The molecule has 41 heavy (non-hydrogen) atoms. The number of anilines is 1. The largest absolute Gasteiger partial charge is 0.497 e. The third kappa shape index (κ3) is 6.84. The van der Waals surface area contributed by atoms with Gasteiger partial charge in [-0.05, 0) is 72.9 Å². The van der Waals surface area contributed by atoms with Crippen LogP contribution in [-0.4, -0.2) is 59.2 Å². The quantitative estimate of drug-likeness (QED) is 0.264. The van der Waals surface area contributed by atoms with E-state index in [2.05, 4.69) is 31.3 Å². The van der Waals surface area contributed by atoms with Gasteiger partial charge in [-0.1, -0.05) is 44.2 Å². The van der Waals surface area contributed by atoms with Gasteiger partial charge in [0, 0.05) is 36.2 Å². The third-order valence-electron chi connectivity index (χ3n) is 7.27. The lowest BCUT2D eigenvalue weighted by Gasteiger charge is -2.25. The zero-order valence-corrected chi connectivity index (χ0v) is 23.7. The van der Waals surface area contributed by atoms with Crippen LogP contribution in [0.15, 0.2) is 85.1 Å². The summed E-state index contributed by atoms with van der Waals surface area (Å²) in [5.41, 5.74) is 4.21. The fourth-order valence-electron chi connectivity index (χ4n) is 4.94. The van der Waals surface area contributed by atoms with Gasteiger partial charge in [0.15, 0.2) is 0 Å². The summed E-state index contributed by atoms with van der Waals surface area (Å²) in [4.78, 5) is 33.2. The van der Waals surface area contributed by atoms with Crippen LogP contribution in [0.2, 0.25) is 0 Å². The zero-order valence-electron chi connectivity index (χ0n) is 23.7. The second kappa shape index (κ2) is 12.8. The number of carbonyl (C=O) groups is 2. The van der Waals surface area contributed by atoms with Crippen LogP contribution < -0.4 is 10.1 Å². The number of nitrogens with one attached hydrogen (secondary N) is 1. The number of aromatic nitrogens is 2. The molecule has 1 unspecified atom stereocenters. The minimum Gasteiger partial charge on any atom is -0.497 e. The Kier molecular flexibility index (Phi) is 8.79. The summed E-state index contributed by atoms with van der Waals surface area (Å²) in [7, 11) is 1.63. The molecule has 0 bridgehead atoms. The van der Waals surface area contributed by atoms with Crippen LogP contribution in [0.4, 0.5) is 5.95 Å². The molecule has 5 rings (SSSR count). The van der Waals surface area contributed by atoms with Gasteiger partial charge in [0.25, 0.3) is 5.91 Å². The van der Waals surface area contributed by atoms with E-state index >= 15 is 0 Å². The molecule has 4 aromatic rings. The fourth-order valence-corrected chi connectivity index (χ4v) is 4.94. The second-order valence-corrected chi connectivity index (χ2v) is 10.5. The molecule has 0 aliphatic carbocycles. The van der Waals surface area contributed by atoms with Crippen LogP contribution in [0.25, 0.3) is 16.9 Å². The van der Waals surface area contributed by atoms with E-state index in [9.17, 15) is 9.59 Å². The molecule has 8 nitrogen and oxygen atoms in total. The number of ether oxygens (including phenoxy) is 2. The van der Waals surface area contributed by atoms with Crippen LogP contribution in [-0.2, 0) is 9.53 Å². The maximum atomic E-state index is 13.5. The van der Waals surface area contributed by atoms with E-state index in [1.165, 1.54) is 5.56 Å². The van der Waals surface area contributed by atoms with Crippen LogP contribution in [0, 0.1) is 0 Å². The topological polar surface area (TPSA) is 85.7 Å². The number of hydrogen-bond donors (Lipinski definition) is 1. The van der Waals surface area contributed by atoms with Gasteiger partial charge in [0.1, 0.15) is 12.3 Å². The molecule has 1 aromatic heterocycles. The maximum Gasteiger partial charge on any atom is 0.254 e. The SMILES string of the molecule is COc1ccc(-c2cn(-c3ccc(C(C)C)cc3)c(NC(=O)CN(CC3CCCO3)C(=O)c3ccccc3)n2)cc1. The van der Waals surface area contributed by atoms with E-state index in [1.54, 1.807) is 24.1 Å². The van der Waals surface area contributed by atoms with E-state index in [-0.39, 0.29) is 24.5 Å². The predicted molar refractivity (Wildman–Crippen MR) is 160 cm³/mol. The van der Waals surface area contributed by atoms with Gasteiger partial charge in [-0.15, -0.1) is 0 Å². The van der Waals surface area contributed by atoms with Crippen molar-refractivity contribution in [2.24, 2.45) is 0 Å². The van der Waals surface area contributed by atoms with E-state index < -0.39 is 0 Å². The molecule has 1 saturated heterocycles. The Morgan fingerprint density at radius 3 is 2.41 bits per heavy atom. The highest BCUT2D eigenvalue weighted by molar-refractivity contribution is 5.99. The number of carbonyl (C=O) groups excluding carboxylic acids is 2. The molecule has 3 aromatic carbocycles. The van der Waals surface area contributed by atoms with Gasteiger partial charge >= 0.3 is 0 Å². The molecule has 0 saturated carbocycles. The monoisotopic (exact) mass is 552 g/mol. The summed E-state index contributed by atoms with van der Waals surface area (Å²) in [6.45, 7) is 5.21. The Hall–Kier alpha value is -4.43. The molecule has 2 amide bonds. The average Bonchev–Trinajstić information content (AvgIpc) is 3.67. The minimum absolute atomic E-state index is 0.0846. The standard InChI is InChI=1S/C33H36N4O4/c1-23(2)24-11-15-27(16-12-24)37-21-30(25-13-17-28(40-3)18-14-25)34-33(37)35-31(38)22-36(20-29-10-7-19-41-29)32(39)26-8-5-4-6-9-26/h4-6,8-9,11-18,21,23,29H,7,10,19-20,22H2,1-3H3,(H,34,35,38). The fraction of sp³-hybridized carbons (Fsp3) is 0.303. The average molecular weight is 553 g/mol. The van der Waals surface area contributed by atoms with Gasteiger partial charge in [0.2, 0.25) is 11.9 Å². The van der Waals surface area contributed by atoms with Gasteiger partial charge in [0.05, 0.1) is 18.9 Å². The zero-order chi connectivity index (χ0) is 28.8. The van der Waals surface area contributed by atoms with E-state index in [4.69, 9.17) is 14.5 Å². The van der Waals surface area contributed by atoms with Crippen LogP contribution >= 0.6 is 0 Å².